The molecule has 0 heterocycles. The molecule has 1 aromatic carbocycles. The summed E-state index contributed by atoms with van der Waals surface area (Å²) in [6, 6.07) is 6.09. The number of halogens is 1. The number of benzene rings is 1. The average molecular weight is 320 g/mol. The van der Waals surface area contributed by atoms with Crippen LogP contribution in [0, 0.1) is 5.41 Å². The van der Waals surface area contributed by atoms with E-state index in [4.69, 9.17) is 34.3 Å². The summed E-state index contributed by atoms with van der Waals surface area (Å²) in [5, 5.41) is -0.120. The Morgan fingerprint density at radius 2 is 2.11 bits per heavy atom. The number of ether oxygens (including phenoxy) is 1. The topological polar surface area (TPSA) is 69.4 Å². The van der Waals surface area contributed by atoms with Crippen LogP contribution in [-0.2, 0) is 14.6 Å². The highest BCUT2D eigenvalue weighted by Gasteiger charge is 2.63. The molecule has 2 N–H and O–H groups in total. The molecule has 19 heavy (non-hydrogen) atoms. The lowest BCUT2D eigenvalue weighted by Crippen LogP contribution is -2.32. The van der Waals surface area contributed by atoms with Gasteiger partial charge in [-0.3, -0.25) is 0 Å². The molecule has 0 radical (unpaired) electrons. The highest BCUT2D eigenvalue weighted by atomic mass is 35.5. The van der Waals surface area contributed by atoms with Crippen molar-refractivity contribution in [3.05, 3.63) is 29.3 Å². The van der Waals surface area contributed by atoms with E-state index in [-0.39, 0.29) is 16.5 Å². The van der Waals surface area contributed by atoms with E-state index < -0.39 is 20.5 Å². The minimum absolute atomic E-state index is 0.192. The zero-order valence-corrected chi connectivity index (χ0v) is 12.7. The zero-order chi connectivity index (χ0) is 14.3. The van der Waals surface area contributed by atoms with Crippen LogP contribution in [0.3, 0.4) is 0 Å². The van der Waals surface area contributed by atoms with E-state index in [9.17, 15) is 8.42 Å². The maximum atomic E-state index is 12.5. The highest BCUT2D eigenvalue weighted by molar-refractivity contribution is 7.92. The summed E-state index contributed by atoms with van der Waals surface area (Å²) >= 11 is 10.7. The SMILES string of the molecule is COC[C@]1(C(N)=S)C[C@H]1S(=O)(=O)c1ccc(Cl)cc1. The van der Waals surface area contributed by atoms with Crippen molar-refractivity contribution in [2.75, 3.05) is 13.7 Å². The summed E-state index contributed by atoms with van der Waals surface area (Å²) in [7, 11) is -1.96. The maximum absolute atomic E-state index is 12.5. The van der Waals surface area contributed by atoms with Crippen molar-refractivity contribution in [3.63, 3.8) is 0 Å². The van der Waals surface area contributed by atoms with Crippen LogP contribution in [0.25, 0.3) is 0 Å². The third kappa shape index (κ3) is 2.50. The maximum Gasteiger partial charge on any atom is 0.182 e. The van der Waals surface area contributed by atoms with E-state index >= 15 is 0 Å². The van der Waals surface area contributed by atoms with Gasteiger partial charge in [-0.2, -0.15) is 0 Å². The number of sulfone groups is 1. The predicted octanol–water partition coefficient (Wildman–Crippen LogP) is 1.80. The van der Waals surface area contributed by atoms with Crippen molar-refractivity contribution < 1.29 is 13.2 Å². The molecule has 1 saturated carbocycles. The Labute approximate surface area is 122 Å². The first-order valence-corrected chi connectivity index (χ1v) is 7.96. The van der Waals surface area contributed by atoms with Crippen molar-refractivity contribution in [1.82, 2.24) is 0 Å². The second-order valence-electron chi connectivity index (χ2n) is 4.65. The van der Waals surface area contributed by atoms with E-state index in [2.05, 4.69) is 0 Å². The van der Waals surface area contributed by atoms with Gasteiger partial charge in [0.05, 0.1) is 27.2 Å². The number of nitrogens with two attached hydrogens (primary N) is 1. The Bertz CT molecular complexity index is 600. The Morgan fingerprint density at radius 1 is 1.53 bits per heavy atom. The molecule has 4 nitrogen and oxygen atoms in total. The fourth-order valence-corrected chi connectivity index (χ4v) is 4.84. The van der Waals surface area contributed by atoms with E-state index in [0.29, 0.717) is 11.4 Å². The van der Waals surface area contributed by atoms with Gasteiger partial charge in [0.2, 0.25) is 0 Å². The normalized spacial score (nSPS) is 26.1. The van der Waals surface area contributed by atoms with Crippen LogP contribution < -0.4 is 5.73 Å². The summed E-state index contributed by atoms with van der Waals surface area (Å²) in [5.41, 5.74) is 4.94. The van der Waals surface area contributed by atoms with Gasteiger partial charge in [-0.15, -0.1) is 0 Å². The summed E-state index contributed by atoms with van der Waals surface area (Å²) in [4.78, 5) is 0.424. The van der Waals surface area contributed by atoms with Gasteiger partial charge < -0.3 is 10.5 Å². The van der Waals surface area contributed by atoms with Gasteiger partial charge in [0, 0.05) is 12.1 Å². The van der Waals surface area contributed by atoms with Crippen molar-refractivity contribution >= 4 is 38.6 Å². The predicted molar refractivity (Wildman–Crippen MR) is 78.1 cm³/mol. The number of rotatable bonds is 5. The summed E-state index contributed by atoms with van der Waals surface area (Å²) < 4.78 is 30.0. The molecule has 0 unspecified atom stereocenters. The average Bonchev–Trinajstić information content (AvgIpc) is 3.07. The van der Waals surface area contributed by atoms with Crippen molar-refractivity contribution in [2.24, 2.45) is 11.1 Å². The first-order chi connectivity index (χ1) is 8.84. The lowest BCUT2D eigenvalue weighted by molar-refractivity contribution is 0.169. The minimum Gasteiger partial charge on any atom is -0.393 e. The largest absolute Gasteiger partial charge is 0.393 e. The molecule has 1 aromatic rings. The molecule has 0 amide bonds. The van der Waals surface area contributed by atoms with Crippen LogP contribution >= 0.6 is 23.8 Å². The fourth-order valence-electron chi connectivity index (χ4n) is 2.21. The van der Waals surface area contributed by atoms with E-state index in [1.54, 1.807) is 12.1 Å². The summed E-state index contributed by atoms with van der Waals surface area (Å²) in [6.07, 6.45) is 0.404. The van der Waals surface area contributed by atoms with Crippen LogP contribution in [0.2, 0.25) is 5.02 Å². The Morgan fingerprint density at radius 3 is 2.58 bits per heavy atom. The van der Waals surface area contributed by atoms with Gasteiger partial charge in [0.15, 0.2) is 9.84 Å². The summed E-state index contributed by atoms with van der Waals surface area (Å²) in [6.45, 7) is 0.222. The molecule has 1 fully saturated rings. The molecule has 7 heteroatoms. The first kappa shape index (κ1) is 14.7. The zero-order valence-electron chi connectivity index (χ0n) is 10.3. The summed E-state index contributed by atoms with van der Waals surface area (Å²) in [5.74, 6) is 0. The first-order valence-electron chi connectivity index (χ1n) is 5.63. The molecule has 2 rings (SSSR count). The van der Waals surface area contributed by atoms with Gasteiger partial charge in [0.25, 0.3) is 0 Å². The standard InChI is InChI=1S/C12H14ClNO3S2/c1-17-7-12(11(14)18)6-10(12)19(15,16)9-4-2-8(13)3-5-9/h2-5,10H,6-7H2,1H3,(H2,14,18)/t10-,12-/m1/s1. The molecule has 1 aliphatic carbocycles. The Hall–Kier alpha value is -0.690. The van der Waals surface area contributed by atoms with Crippen molar-refractivity contribution in [1.29, 1.82) is 0 Å². The van der Waals surface area contributed by atoms with E-state index in [1.807, 2.05) is 0 Å². The lowest BCUT2D eigenvalue weighted by Gasteiger charge is -2.14. The van der Waals surface area contributed by atoms with Crippen LogP contribution in [0.1, 0.15) is 6.42 Å². The van der Waals surface area contributed by atoms with Crippen molar-refractivity contribution in [3.8, 4) is 0 Å². The van der Waals surface area contributed by atoms with Gasteiger partial charge in [0.1, 0.15) is 0 Å². The van der Waals surface area contributed by atoms with Crippen LogP contribution in [0.15, 0.2) is 29.2 Å². The second-order valence-corrected chi connectivity index (χ2v) is 7.65. The van der Waals surface area contributed by atoms with Gasteiger partial charge >= 0.3 is 0 Å². The number of hydrogen-bond donors (Lipinski definition) is 1. The van der Waals surface area contributed by atoms with Crippen LogP contribution in [0.5, 0.6) is 0 Å². The number of thiocarbonyl (C=S) groups is 1. The van der Waals surface area contributed by atoms with Crippen LogP contribution in [-0.4, -0.2) is 32.4 Å². The van der Waals surface area contributed by atoms with Gasteiger partial charge in [-0.05, 0) is 30.7 Å². The highest BCUT2D eigenvalue weighted by Crippen LogP contribution is 2.53. The van der Waals surface area contributed by atoms with Gasteiger partial charge in [-0.1, -0.05) is 23.8 Å². The molecule has 0 aromatic heterocycles. The molecule has 0 bridgehead atoms. The Kier molecular flexibility index (Phi) is 3.88. The lowest BCUT2D eigenvalue weighted by atomic mass is 10.1. The molecular weight excluding hydrogens is 306 g/mol. The van der Waals surface area contributed by atoms with Crippen molar-refractivity contribution in [2.45, 2.75) is 16.6 Å². The molecule has 2 atom stereocenters. The minimum atomic E-state index is -3.46. The second kappa shape index (κ2) is 5.01. The van der Waals surface area contributed by atoms with E-state index in [1.165, 1.54) is 19.2 Å². The smallest absolute Gasteiger partial charge is 0.182 e. The Balaban J connectivity index is 2.33. The van der Waals surface area contributed by atoms with Gasteiger partial charge in [-0.25, -0.2) is 8.42 Å². The van der Waals surface area contributed by atoms with E-state index in [0.717, 1.165) is 0 Å². The fraction of sp³-hybridized carbons (Fsp3) is 0.417. The third-order valence-electron chi connectivity index (χ3n) is 3.42. The molecule has 0 aliphatic heterocycles. The quantitative estimate of drug-likeness (QED) is 0.838. The molecule has 0 saturated heterocycles. The number of methoxy groups -OCH3 is 1. The third-order valence-corrected chi connectivity index (χ3v) is 6.37. The molecule has 0 spiro atoms. The molecule has 104 valence electrons. The monoisotopic (exact) mass is 319 g/mol. The molecule has 1 aliphatic rings. The number of hydrogen-bond acceptors (Lipinski definition) is 4. The van der Waals surface area contributed by atoms with Crippen LogP contribution in [0.4, 0.5) is 0 Å². The molecular formula is C12H14ClNO3S2.